The molecule has 1 aromatic heterocycles. The van der Waals surface area contributed by atoms with Crippen LogP contribution in [0.1, 0.15) is 36.2 Å². The van der Waals surface area contributed by atoms with Crippen LogP contribution in [0.3, 0.4) is 0 Å². The van der Waals surface area contributed by atoms with Gasteiger partial charge in [0.2, 0.25) is 10.0 Å². The molecule has 0 unspecified atom stereocenters. The van der Waals surface area contributed by atoms with Crippen LogP contribution >= 0.6 is 0 Å². The molecule has 0 fully saturated rings. The third kappa shape index (κ3) is 2.63. The number of alkyl halides is 3. The number of fused-ring (bicyclic) bond motifs is 1. The Morgan fingerprint density at radius 1 is 1.30 bits per heavy atom. The second kappa shape index (κ2) is 5.34. The Kier molecular flexibility index (Phi) is 3.72. The maximum Gasteiger partial charge on any atom is 0.416 e. The monoisotopic (exact) mass is 345 g/mol. The molecule has 0 radical (unpaired) electrons. The van der Waals surface area contributed by atoms with Crippen molar-refractivity contribution in [1.29, 1.82) is 0 Å². The van der Waals surface area contributed by atoms with E-state index in [-0.39, 0.29) is 17.5 Å². The van der Waals surface area contributed by atoms with Crippen LogP contribution in [0.25, 0.3) is 0 Å². The van der Waals surface area contributed by atoms with Gasteiger partial charge in [0.05, 0.1) is 34.9 Å². The van der Waals surface area contributed by atoms with Crippen molar-refractivity contribution in [2.45, 2.75) is 37.0 Å². The van der Waals surface area contributed by atoms with Crippen LogP contribution in [0, 0.1) is 0 Å². The average molecular weight is 345 g/mol. The standard InChI is InChI=1S/C14H14F3N3O2S/c1-2-13-11-7-18-19-12(11)8-20(13)23(21,22)10-5-3-9(4-6-10)14(15,16)17/h3-7,13H,2,8H2,1H3,(H,18,19)/t13-/m1/s1. The molecule has 23 heavy (non-hydrogen) atoms. The molecule has 0 saturated heterocycles. The third-order valence-corrected chi connectivity index (χ3v) is 5.82. The quantitative estimate of drug-likeness (QED) is 0.930. The Labute approximate surface area is 131 Å². The second-order valence-corrected chi connectivity index (χ2v) is 7.19. The average Bonchev–Trinajstić information content (AvgIpc) is 3.06. The first kappa shape index (κ1) is 16.0. The van der Waals surface area contributed by atoms with Gasteiger partial charge in [-0.2, -0.15) is 22.6 Å². The number of sulfonamides is 1. The van der Waals surface area contributed by atoms with E-state index in [4.69, 9.17) is 0 Å². The summed E-state index contributed by atoms with van der Waals surface area (Å²) in [6, 6.07) is 3.19. The first-order valence-electron chi connectivity index (χ1n) is 6.96. The topological polar surface area (TPSA) is 66.1 Å². The zero-order valence-electron chi connectivity index (χ0n) is 12.1. The lowest BCUT2D eigenvalue weighted by Crippen LogP contribution is -2.29. The first-order chi connectivity index (χ1) is 10.7. The molecule has 0 bridgehead atoms. The maximum atomic E-state index is 12.7. The highest BCUT2D eigenvalue weighted by molar-refractivity contribution is 7.89. The number of nitrogens with one attached hydrogen (secondary N) is 1. The van der Waals surface area contributed by atoms with Gasteiger partial charge in [0.25, 0.3) is 0 Å². The van der Waals surface area contributed by atoms with Gasteiger partial charge in [-0.15, -0.1) is 0 Å². The van der Waals surface area contributed by atoms with E-state index in [1.807, 2.05) is 6.92 Å². The van der Waals surface area contributed by atoms with Crippen LogP contribution in [0.5, 0.6) is 0 Å². The van der Waals surface area contributed by atoms with Crippen molar-refractivity contribution in [3.8, 4) is 0 Å². The molecule has 2 aromatic rings. The minimum Gasteiger partial charge on any atom is -0.281 e. The molecule has 9 heteroatoms. The number of H-pyrrole nitrogens is 1. The molecule has 1 aliphatic heterocycles. The number of aromatic amines is 1. The third-order valence-electron chi connectivity index (χ3n) is 3.95. The van der Waals surface area contributed by atoms with E-state index in [0.717, 1.165) is 29.8 Å². The molecule has 5 nitrogen and oxygen atoms in total. The van der Waals surface area contributed by atoms with Gasteiger partial charge in [0.15, 0.2) is 0 Å². The molecule has 1 aliphatic rings. The fourth-order valence-electron chi connectivity index (χ4n) is 2.78. The highest BCUT2D eigenvalue weighted by Crippen LogP contribution is 2.39. The minimum absolute atomic E-state index is 0.136. The minimum atomic E-state index is -4.50. The van der Waals surface area contributed by atoms with E-state index in [0.29, 0.717) is 12.1 Å². The molecular weight excluding hydrogens is 331 g/mol. The predicted molar refractivity (Wildman–Crippen MR) is 75.8 cm³/mol. The summed E-state index contributed by atoms with van der Waals surface area (Å²) in [4.78, 5) is -0.151. The number of hydrogen-bond acceptors (Lipinski definition) is 3. The van der Waals surface area contributed by atoms with Gasteiger partial charge in [-0.25, -0.2) is 8.42 Å². The maximum absolute atomic E-state index is 12.7. The summed E-state index contributed by atoms with van der Waals surface area (Å²) >= 11 is 0. The number of benzene rings is 1. The summed E-state index contributed by atoms with van der Waals surface area (Å²) in [5.41, 5.74) is 0.648. The first-order valence-corrected chi connectivity index (χ1v) is 8.40. The van der Waals surface area contributed by atoms with Gasteiger partial charge in [0, 0.05) is 5.56 Å². The van der Waals surface area contributed by atoms with E-state index in [2.05, 4.69) is 10.2 Å². The van der Waals surface area contributed by atoms with Gasteiger partial charge >= 0.3 is 6.18 Å². The number of halogens is 3. The summed E-state index contributed by atoms with van der Waals surface area (Å²) in [5, 5.41) is 6.66. The second-order valence-electron chi connectivity index (χ2n) is 5.30. The summed E-state index contributed by atoms with van der Waals surface area (Å²) in [5.74, 6) is 0. The van der Waals surface area contributed by atoms with Crippen LogP contribution in [-0.2, 0) is 22.7 Å². The van der Waals surface area contributed by atoms with Gasteiger partial charge in [-0.3, -0.25) is 5.10 Å². The van der Waals surface area contributed by atoms with Crippen molar-refractivity contribution < 1.29 is 21.6 Å². The van der Waals surface area contributed by atoms with Crippen LogP contribution in [0.15, 0.2) is 35.4 Å². The van der Waals surface area contributed by atoms with Crippen molar-refractivity contribution in [2.75, 3.05) is 0 Å². The molecule has 0 spiro atoms. The van der Waals surface area contributed by atoms with Crippen LogP contribution in [0.2, 0.25) is 0 Å². The zero-order valence-corrected chi connectivity index (χ0v) is 12.9. The predicted octanol–water partition coefficient (Wildman–Crippen LogP) is 3.08. The number of aromatic nitrogens is 2. The highest BCUT2D eigenvalue weighted by atomic mass is 32.2. The largest absolute Gasteiger partial charge is 0.416 e. The van der Waals surface area contributed by atoms with Crippen molar-refractivity contribution in [3.63, 3.8) is 0 Å². The van der Waals surface area contributed by atoms with E-state index < -0.39 is 21.8 Å². The summed E-state index contributed by atoms with van der Waals surface area (Å²) in [6.45, 7) is 1.99. The van der Waals surface area contributed by atoms with Crippen LogP contribution in [-0.4, -0.2) is 22.9 Å². The number of rotatable bonds is 3. The Hall–Kier alpha value is -1.87. The lowest BCUT2D eigenvalue weighted by Gasteiger charge is -2.23. The van der Waals surface area contributed by atoms with E-state index >= 15 is 0 Å². The van der Waals surface area contributed by atoms with Crippen molar-refractivity contribution >= 4 is 10.0 Å². The molecule has 1 N–H and O–H groups in total. The molecule has 124 valence electrons. The molecule has 1 aromatic carbocycles. The molecule has 0 saturated carbocycles. The molecule has 0 amide bonds. The van der Waals surface area contributed by atoms with Gasteiger partial charge in [0.1, 0.15) is 0 Å². The Bertz CT molecular complexity index is 813. The summed E-state index contributed by atoms with van der Waals surface area (Å²) in [6.07, 6.45) is -2.36. The number of hydrogen-bond donors (Lipinski definition) is 1. The Balaban J connectivity index is 1.95. The fourth-order valence-corrected chi connectivity index (χ4v) is 4.43. The molecule has 0 aliphatic carbocycles. The Morgan fingerprint density at radius 3 is 2.52 bits per heavy atom. The molecule has 1 atom stereocenters. The lowest BCUT2D eigenvalue weighted by molar-refractivity contribution is -0.137. The fraction of sp³-hybridized carbons (Fsp3) is 0.357. The van der Waals surface area contributed by atoms with Gasteiger partial charge in [-0.05, 0) is 30.7 Å². The highest BCUT2D eigenvalue weighted by Gasteiger charge is 2.39. The normalized spacial score (nSPS) is 19.0. The zero-order chi connectivity index (χ0) is 16.8. The van der Waals surface area contributed by atoms with Crippen molar-refractivity contribution in [1.82, 2.24) is 14.5 Å². The van der Waals surface area contributed by atoms with Crippen molar-refractivity contribution in [2.24, 2.45) is 0 Å². The van der Waals surface area contributed by atoms with E-state index in [9.17, 15) is 21.6 Å². The van der Waals surface area contributed by atoms with Crippen molar-refractivity contribution in [3.05, 3.63) is 47.3 Å². The molecular formula is C14H14F3N3O2S. The molecule has 3 rings (SSSR count). The smallest absolute Gasteiger partial charge is 0.281 e. The molecule has 2 heterocycles. The van der Waals surface area contributed by atoms with Gasteiger partial charge in [-0.1, -0.05) is 6.92 Å². The number of nitrogens with zero attached hydrogens (tertiary/aromatic N) is 2. The SMILES string of the molecule is CC[C@@H]1c2cn[nH]c2CN1S(=O)(=O)c1ccc(C(F)(F)F)cc1. The van der Waals surface area contributed by atoms with Crippen LogP contribution < -0.4 is 0 Å². The summed E-state index contributed by atoms with van der Waals surface area (Å²) in [7, 11) is -3.88. The van der Waals surface area contributed by atoms with E-state index in [1.54, 1.807) is 6.20 Å². The van der Waals surface area contributed by atoms with Crippen LogP contribution in [0.4, 0.5) is 13.2 Å². The van der Waals surface area contributed by atoms with Gasteiger partial charge < -0.3 is 0 Å². The Morgan fingerprint density at radius 2 is 1.96 bits per heavy atom. The summed E-state index contributed by atoms with van der Waals surface area (Å²) < 4.78 is 64.6. The van der Waals surface area contributed by atoms with E-state index in [1.165, 1.54) is 4.31 Å². The lowest BCUT2D eigenvalue weighted by atomic mass is 10.1.